The third-order valence-corrected chi connectivity index (χ3v) is 6.37. The van der Waals surface area contributed by atoms with Crippen molar-refractivity contribution in [2.75, 3.05) is 0 Å². The van der Waals surface area contributed by atoms with E-state index >= 15 is 0 Å². The van der Waals surface area contributed by atoms with Gasteiger partial charge in [-0.15, -0.1) is 0 Å². The lowest BCUT2D eigenvalue weighted by atomic mass is 9.51. The topological polar surface area (TPSA) is 68.9 Å². The summed E-state index contributed by atoms with van der Waals surface area (Å²) in [7, 11) is 0. The third-order valence-electron chi connectivity index (χ3n) is 6.37. The highest BCUT2D eigenvalue weighted by Crippen LogP contribution is 2.59. The molecule has 4 nitrogen and oxygen atoms in total. The first-order valence-electron chi connectivity index (χ1n) is 8.75. The number of nitrogens with zero attached hydrogens (tertiary/aromatic N) is 2. The number of benzene rings is 1. The number of hydrogen-bond acceptors (Lipinski definition) is 3. The van der Waals surface area contributed by atoms with Crippen LogP contribution in [0.15, 0.2) is 24.3 Å². The molecule has 4 aliphatic rings. The van der Waals surface area contributed by atoms with Gasteiger partial charge in [0.15, 0.2) is 0 Å². The van der Waals surface area contributed by atoms with E-state index in [0.29, 0.717) is 23.4 Å². The molecule has 1 aromatic heterocycles. The smallest absolute Gasteiger partial charge is 0.269 e. The molecule has 4 heteroatoms. The zero-order valence-electron chi connectivity index (χ0n) is 13.1. The fourth-order valence-corrected chi connectivity index (χ4v) is 5.80. The summed E-state index contributed by atoms with van der Waals surface area (Å²) in [6.07, 6.45) is 6.61. The highest BCUT2D eigenvalue weighted by Gasteiger charge is 2.50. The van der Waals surface area contributed by atoms with Crippen molar-refractivity contribution in [1.82, 2.24) is 9.97 Å². The number of nitrogens with two attached hydrogens (primary N) is 1. The minimum absolute atomic E-state index is 0.377. The SMILES string of the molecule is NC(=O)c1nc2ccccc2nc1C1C2CC3CC(C2)CC1C3. The summed E-state index contributed by atoms with van der Waals surface area (Å²) in [6.45, 7) is 0. The molecule has 6 rings (SSSR count). The highest BCUT2D eigenvalue weighted by molar-refractivity contribution is 5.94. The Morgan fingerprint density at radius 1 is 0.913 bits per heavy atom. The lowest BCUT2D eigenvalue weighted by molar-refractivity contribution is -0.00439. The van der Waals surface area contributed by atoms with Gasteiger partial charge < -0.3 is 5.73 Å². The minimum atomic E-state index is -0.438. The molecule has 4 bridgehead atoms. The zero-order valence-corrected chi connectivity index (χ0v) is 13.1. The molecule has 1 heterocycles. The first-order valence-corrected chi connectivity index (χ1v) is 8.75. The average molecular weight is 307 g/mol. The summed E-state index contributed by atoms with van der Waals surface area (Å²) in [6, 6.07) is 7.77. The van der Waals surface area contributed by atoms with Crippen LogP contribution in [0.1, 0.15) is 54.2 Å². The van der Waals surface area contributed by atoms with E-state index in [1.165, 1.54) is 32.1 Å². The van der Waals surface area contributed by atoms with Gasteiger partial charge in [0.1, 0.15) is 5.69 Å². The van der Waals surface area contributed by atoms with Crippen LogP contribution in [0.4, 0.5) is 0 Å². The van der Waals surface area contributed by atoms with E-state index in [9.17, 15) is 4.79 Å². The molecule has 0 radical (unpaired) electrons. The lowest BCUT2D eigenvalue weighted by Crippen LogP contribution is -2.44. The van der Waals surface area contributed by atoms with Gasteiger partial charge in [-0.2, -0.15) is 0 Å². The molecule has 4 aliphatic carbocycles. The monoisotopic (exact) mass is 307 g/mol. The van der Waals surface area contributed by atoms with Crippen LogP contribution in [0.3, 0.4) is 0 Å². The number of carbonyl (C=O) groups excluding carboxylic acids is 1. The van der Waals surface area contributed by atoms with Crippen LogP contribution in [-0.2, 0) is 0 Å². The molecule has 1 aromatic carbocycles. The second kappa shape index (κ2) is 4.76. The first-order chi connectivity index (χ1) is 11.2. The van der Waals surface area contributed by atoms with Crippen molar-refractivity contribution in [3.63, 3.8) is 0 Å². The Kier molecular flexibility index (Phi) is 2.79. The van der Waals surface area contributed by atoms with Crippen LogP contribution in [0.2, 0.25) is 0 Å². The van der Waals surface area contributed by atoms with Crippen LogP contribution >= 0.6 is 0 Å². The Hall–Kier alpha value is -1.97. The Balaban J connectivity index is 1.67. The number of rotatable bonds is 2. The number of fused-ring (bicyclic) bond motifs is 1. The molecule has 2 aromatic rings. The summed E-state index contributed by atoms with van der Waals surface area (Å²) in [5.74, 6) is 3.08. The van der Waals surface area contributed by atoms with Crippen molar-refractivity contribution >= 4 is 16.9 Å². The molecular weight excluding hydrogens is 286 g/mol. The minimum Gasteiger partial charge on any atom is -0.364 e. The number of carbonyl (C=O) groups is 1. The summed E-state index contributed by atoms with van der Waals surface area (Å²) < 4.78 is 0. The fourth-order valence-electron chi connectivity index (χ4n) is 5.80. The molecule has 4 fully saturated rings. The lowest BCUT2D eigenvalue weighted by Gasteiger charge is -2.54. The molecule has 0 atom stereocenters. The number of primary amides is 1. The Labute approximate surface area is 135 Å². The van der Waals surface area contributed by atoms with E-state index in [4.69, 9.17) is 10.7 Å². The predicted molar refractivity (Wildman–Crippen MR) is 87.8 cm³/mol. The molecule has 0 spiro atoms. The van der Waals surface area contributed by atoms with Gasteiger partial charge >= 0.3 is 0 Å². The van der Waals surface area contributed by atoms with Crippen molar-refractivity contribution in [2.45, 2.75) is 38.0 Å². The van der Waals surface area contributed by atoms with E-state index in [1.807, 2.05) is 24.3 Å². The Morgan fingerprint density at radius 3 is 2.04 bits per heavy atom. The van der Waals surface area contributed by atoms with Gasteiger partial charge in [0, 0.05) is 5.92 Å². The predicted octanol–water partition coefficient (Wildman–Crippen LogP) is 3.27. The van der Waals surface area contributed by atoms with Crippen molar-refractivity contribution in [1.29, 1.82) is 0 Å². The molecule has 23 heavy (non-hydrogen) atoms. The van der Waals surface area contributed by atoms with Gasteiger partial charge in [-0.05, 0) is 67.9 Å². The quantitative estimate of drug-likeness (QED) is 0.925. The molecular formula is C19H21N3O. The molecule has 2 N–H and O–H groups in total. The Morgan fingerprint density at radius 2 is 1.48 bits per heavy atom. The standard InChI is InChI=1S/C19H21N3O/c20-19(23)18-17(21-14-3-1-2-4-15(14)22-18)16-12-6-10-5-11(8-12)9-13(16)7-10/h1-4,10-13,16H,5-9H2,(H2,20,23). The molecule has 4 saturated carbocycles. The fraction of sp³-hybridized carbons (Fsp3) is 0.526. The van der Waals surface area contributed by atoms with E-state index in [1.54, 1.807) is 0 Å². The van der Waals surface area contributed by atoms with Gasteiger partial charge in [0.05, 0.1) is 16.7 Å². The number of amides is 1. The largest absolute Gasteiger partial charge is 0.364 e. The first kappa shape index (κ1) is 13.5. The van der Waals surface area contributed by atoms with Crippen LogP contribution in [-0.4, -0.2) is 15.9 Å². The van der Waals surface area contributed by atoms with Crippen LogP contribution in [0.5, 0.6) is 0 Å². The number of aromatic nitrogens is 2. The second-order valence-electron chi connectivity index (χ2n) is 7.77. The molecule has 0 aliphatic heterocycles. The maximum absolute atomic E-state index is 12.0. The van der Waals surface area contributed by atoms with Crippen LogP contribution < -0.4 is 5.73 Å². The number of hydrogen-bond donors (Lipinski definition) is 1. The van der Waals surface area contributed by atoms with Crippen molar-refractivity contribution in [2.24, 2.45) is 29.4 Å². The van der Waals surface area contributed by atoms with E-state index in [-0.39, 0.29) is 0 Å². The van der Waals surface area contributed by atoms with E-state index in [0.717, 1.165) is 28.6 Å². The van der Waals surface area contributed by atoms with E-state index < -0.39 is 5.91 Å². The van der Waals surface area contributed by atoms with E-state index in [2.05, 4.69) is 4.98 Å². The molecule has 0 saturated heterocycles. The van der Waals surface area contributed by atoms with Gasteiger partial charge in [-0.1, -0.05) is 12.1 Å². The highest BCUT2D eigenvalue weighted by atomic mass is 16.1. The van der Waals surface area contributed by atoms with Crippen LogP contribution in [0.25, 0.3) is 11.0 Å². The maximum Gasteiger partial charge on any atom is 0.269 e. The van der Waals surface area contributed by atoms with Crippen molar-refractivity contribution in [3.05, 3.63) is 35.7 Å². The van der Waals surface area contributed by atoms with Gasteiger partial charge in [0.25, 0.3) is 5.91 Å². The molecule has 1 amide bonds. The summed E-state index contributed by atoms with van der Waals surface area (Å²) in [5, 5.41) is 0. The maximum atomic E-state index is 12.0. The Bertz CT molecular complexity index is 772. The zero-order chi connectivity index (χ0) is 15.6. The number of para-hydroxylation sites is 2. The van der Waals surface area contributed by atoms with Crippen molar-refractivity contribution in [3.8, 4) is 0 Å². The molecule has 118 valence electrons. The van der Waals surface area contributed by atoms with Gasteiger partial charge in [-0.25, -0.2) is 9.97 Å². The summed E-state index contributed by atoms with van der Waals surface area (Å²) >= 11 is 0. The van der Waals surface area contributed by atoms with Gasteiger partial charge in [0.2, 0.25) is 0 Å². The summed E-state index contributed by atoms with van der Waals surface area (Å²) in [5.41, 5.74) is 8.58. The van der Waals surface area contributed by atoms with Gasteiger partial charge in [-0.3, -0.25) is 4.79 Å². The second-order valence-corrected chi connectivity index (χ2v) is 7.77. The normalized spacial score (nSPS) is 34.9. The average Bonchev–Trinajstić information content (AvgIpc) is 2.53. The van der Waals surface area contributed by atoms with Crippen LogP contribution in [0, 0.1) is 23.7 Å². The third kappa shape index (κ3) is 2.00. The summed E-state index contributed by atoms with van der Waals surface area (Å²) in [4.78, 5) is 21.5. The molecule has 0 unspecified atom stereocenters. The van der Waals surface area contributed by atoms with Crippen molar-refractivity contribution < 1.29 is 4.79 Å².